The third-order valence-corrected chi connectivity index (χ3v) is 5.29. The van der Waals surface area contributed by atoms with Crippen LogP contribution in [0.2, 0.25) is 0 Å². The predicted molar refractivity (Wildman–Crippen MR) is 133 cm³/mol. The molecule has 1 heterocycles. The van der Waals surface area contributed by atoms with Gasteiger partial charge in [-0.05, 0) is 59.5 Å². The first-order valence-corrected chi connectivity index (χ1v) is 11.0. The Kier molecular flexibility index (Phi) is 6.15. The number of nitrogens with zero attached hydrogens (tertiary/aromatic N) is 3. The minimum absolute atomic E-state index is 0.120. The molecule has 0 unspecified atom stereocenters. The molecule has 0 fully saturated rings. The van der Waals surface area contributed by atoms with Gasteiger partial charge in [0.15, 0.2) is 11.4 Å². The molecule has 0 N–H and O–H groups in total. The number of ether oxygens (including phenoxy) is 2. The van der Waals surface area contributed by atoms with Gasteiger partial charge in [-0.15, -0.1) is 5.11 Å². The summed E-state index contributed by atoms with van der Waals surface area (Å²) in [5, 5.41) is 10.2. The molecule has 0 atom stereocenters. The van der Waals surface area contributed by atoms with Crippen molar-refractivity contribution in [2.24, 2.45) is 15.2 Å². The van der Waals surface area contributed by atoms with Gasteiger partial charge in [-0.1, -0.05) is 42.5 Å². The van der Waals surface area contributed by atoms with Gasteiger partial charge in [-0.25, -0.2) is 14.2 Å². The highest BCUT2D eigenvalue weighted by molar-refractivity contribution is 6.12. The van der Waals surface area contributed by atoms with Crippen molar-refractivity contribution in [3.05, 3.63) is 108 Å². The van der Waals surface area contributed by atoms with Crippen molar-refractivity contribution < 1.29 is 23.5 Å². The number of benzene rings is 4. The average Bonchev–Trinajstić information content (AvgIpc) is 3.25. The molecule has 0 saturated heterocycles. The van der Waals surface area contributed by atoms with Crippen molar-refractivity contribution in [3.8, 4) is 5.75 Å². The second-order valence-corrected chi connectivity index (χ2v) is 7.86. The molecule has 0 spiro atoms. The van der Waals surface area contributed by atoms with E-state index in [1.165, 1.54) is 25.1 Å². The largest absolute Gasteiger partial charge is 0.424 e. The number of carbonyl (C=O) groups is 2. The normalized spacial score (nSPS) is 14.3. The minimum atomic E-state index is -0.590. The third-order valence-electron chi connectivity index (χ3n) is 5.29. The molecule has 0 radical (unpaired) electrons. The highest BCUT2D eigenvalue weighted by atomic mass is 19.1. The zero-order valence-electron chi connectivity index (χ0n) is 19.0. The van der Waals surface area contributed by atoms with Gasteiger partial charge in [0.1, 0.15) is 11.5 Å². The van der Waals surface area contributed by atoms with Gasteiger partial charge >= 0.3 is 11.9 Å². The molecule has 36 heavy (non-hydrogen) atoms. The van der Waals surface area contributed by atoms with Crippen LogP contribution < -0.4 is 4.74 Å². The van der Waals surface area contributed by atoms with Crippen LogP contribution in [0.15, 0.2) is 106 Å². The highest BCUT2D eigenvalue weighted by Gasteiger charge is 2.24. The minimum Gasteiger partial charge on any atom is -0.424 e. The summed E-state index contributed by atoms with van der Waals surface area (Å²) < 4.78 is 23.8. The molecular formula is C28H18FN3O4. The Morgan fingerprint density at radius 3 is 2.44 bits per heavy atom. The highest BCUT2D eigenvalue weighted by Crippen LogP contribution is 2.37. The Morgan fingerprint density at radius 2 is 1.69 bits per heavy atom. The van der Waals surface area contributed by atoms with E-state index in [-0.39, 0.29) is 17.4 Å². The summed E-state index contributed by atoms with van der Waals surface area (Å²) in [6.45, 7) is 1.33. The van der Waals surface area contributed by atoms with Crippen LogP contribution >= 0.6 is 0 Å². The number of cyclic esters (lactones) is 1. The molecule has 0 amide bonds. The fourth-order valence-corrected chi connectivity index (χ4v) is 3.59. The molecule has 7 nitrogen and oxygen atoms in total. The van der Waals surface area contributed by atoms with Crippen molar-refractivity contribution >= 4 is 46.1 Å². The van der Waals surface area contributed by atoms with Crippen LogP contribution in [0, 0.1) is 5.82 Å². The van der Waals surface area contributed by atoms with Gasteiger partial charge in [0.2, 0.25) is 5.90 Å². The van der Waals surface area contributed by atoms with Gasteiger partial charge in [0.05, 0.1) is 5.69 Å². The van der Waals surface area contributed by atoms with Gasteiger partial charge < -0.3 is 9.47 Å². The van der Waals surface area contributed by atoms with Crippen LogP contribution in [0.5, 0.6) is 5.75 Å². The van der Waals surface area contributed by atoms with Crippen LogP contribution in [0.4, 0.5) is 15.8 Å². The summed E-state index contributed by atoms with van der Waals surface area (Å²) in [6.07, 6.45) is 1.53. The van der Waals surface area contributed by atoms with Crippen molar-refractivity contribution in [2.75, 3.05) is 0 Å². The summed E-state index contributed by atoms with van der Waals surface area (Å²) in [5.74, 6) is -0.910. The van der Waals surface area contributed by atoms with E-state index >= 15 is 0 Å². The first-order chi connectivity index (χ1) is 17.5. The smallest absolute Gasteiger partial charge is 0.363 e. The molecule has 5 rings (SSSR count). The van der Waals surface area contributed by atoms with E-state index < -0.39 is 11.9 Å². The number of hydrogen-bond donors (Lipinski definition) is 0. The molecule has 1 aliphatic rings. The van der Waals surface area contributed by atoms with Crippen LogP contribution in [-0.2, 0) is 14.3 Å². The zero-order chi connectivity index (χ0) is 25.1. The van der Waals surface area contributed by atoms with E-state index in [1.807, 2.05) is 30.3 Å². The second kappa shape index (κ2) is 9.71. The molecular weight excluding hydrogens is 461 g/mol. The maximum atomic E-state index is 13.1. The molecule has 4 aromatic carbocycles. The van der Waals surface area contributed by atoms with E-state index in [0.717, 1.165) is 10.8 Å². The first kappa shape index (κ1) is 22.8. The van der Waals surface area contributed by atoms with Crippen LogP contribution in [0.1, 0.15) is 18.1 Å². The lowest BCUT2D eigenvalue weighted by Gasteiger charge is -2.08. The Bertz CT molecular complexity index is 1570. The summed E-state index contributed by atoms with van der Waals surface area (Å²) >= 11 is 0. The van der Waals surface area contributed by atoms with Crippen molar-refractivity contribution in [3.63, 3.8) is 0 Å². The molecule has 0 aliphatic carbocycles. The van der Waals surface area contributed by atoms with Crippen LogP contribution in [-0.4, -0.2) is 17.8 Å². The van der Waals surface area contributed by atoms with Crippen molar-refractivity contribution in [1.29, 1.82) is 0 Å². The number of carbonyl (C=O) groups excluding carboxylic acids is 2. The Hall–Kier alpha value is -4.98. The lowest BCUT2D eigenvalue weighted by atomic mass is 10.1. The molecule has 176 valence electrons. The summed E-state index contributed by atoms with van der Waals surface area (Å²) in [7, 11) is 0. The van der Waals surface area contributed by atoms with Gasteiger partial charge in [-0.2, -0.15) is 5.11 Å². The Labute approximate surface area is 205 Å². The topological polar surface area (TPSA) is 89.7 Å². The van der Waals surface area contributed by atoms with E-state index in [4.69, 9.17) is 9.47 Å². The van der Waals surface area contributed by atoms with Crippen LogP contribution in [0.25, 0.3) is 16.8 Å². The molecule has 0 bridgehead atoms. The number of esters is 2. The number of hydrogen-bond acceptors (Lipinski definition) is 7. The summed E-state index contributed by atoms with van der Waals surface area (Å²) in [4.78, 5) is 28.1. The SMILES string of the molecule is CC(=O)Oc1c(N=Nc2ccc(C3=N/C(=C/c4ccc(F)cc4)C(=O)O3)cc2)ccc2ccccc12. The lowest BCUT2D eigenvalue weighted by molar-refractivity contribution is -0.132. The van der Waals surface area contributed by atoms with E-state index in [9.17, 15) is 14.0 Å². The maximum absolute atomic E-state index is 13.1. The van der Waals surface area contributed by atoms with E-state index in [1.54, 1.807) is 42.5 Å². The Morgan fingerprint density at radius 1 is 0.944 bits per heavy atom. The number of azo groups is 1. The van der Waals surface area contributed by atoms with Gasteiger partial charge in [0.25, 0.3) is 0 Å². The first-order valence-electron chi connectivity index (χ1n) is 11.0. The van der Waals surface area contributed by atoms with Crippen LogP contribution in [0.3, 0.4) is 0 Å². The fraction of sp³-hybridized carbons (Fsp3) is 0.0357. The summed E-state index contributed by atoms with van der Waals surface area (Å²) in [5.41, 5.74) is 2.28. The fourth-order valence-electron chi connectivity index (χ4n) is 3.59. The number of rotatable bonds is 5. The Balaban J connectivity index is 1.38. The molecule has 0 saturated carbocycles. The molecule has 8 heteroatoms. The van der Waals surface area contributed by atoms with Gasteiger partial charge in [-0.3, -0.25) is 4.79 Å². The standard InChI is InChI=1S/C28H18FN3O4/c1-17(33)35-26-23-5-3-2-4-19(23)10-15-24(26)32-31-22-13-8-20(9-14-22)27-30-25(28(34)36-27)16-18-6-11-21(29)12-7-18/h2-16H,1H3/b25-16+,32-31?. The molecule has 4 aromatic rings. The second-order valence-electron chi connectivity index (χ2n) is 7.86. The summed E-state index contributed by atoms with van der Waals surface area (Å²) in [6, 6.07) is 23.6. The zero-order valence-corrected chi connectivity index (χ0v) is 19.0. The molecule has 0 aromatic heterocycles. The quantitative estimate of drug-likeness (QED) is 0.138. The monoisotopic (exact) mass is 479 g/mol. The third kappa shape index (κ3) is 4.92. The maximum Gasteiger partial charge on any atom is 0.363 e. The average molecular weight is 479 g/mol. The van der Waals surface area contributed by atoms with E-state index in [0.29, 0.717) is 28.3 Å². The predicted octanol–water partition coefficient (Wildman–Crippen LogP) is 6.66. The lowest BCUT2D eigenvalue weighted by Crippen LogP contribution is -2.05. The number of halogens is 1. The van der Waals surface area contributed by atoms with Crippen molar-refractivity contribution in [1.82, 2.24) is 0 Å². The number of fused-ring (bicyclic) bond motifs is 1. The van der Waals surface area contributed by atoms with E-state index in [2.05, 4.69) is 15.2 Å². The molecule has 1 aliphatic heterocycles. The van der Waals surface area contributed by atoms with Crippen molar-refractivity contribution in [2.45, 2.75) is 6.92 Å². The number of aliphatic imine (C=N–C) groups is 1. The van der Waals surface area contributed by atoms with Gasteiger partial charge in [0, 0.05) is 17.9 Å².